The Hall–Kier alpha value is -3.53. The minimum absolute atomic E-state index is 0.0337. The van der Waals surface area contributed by atoms with E-state index in [0.717, 1.165) is 0 Å². The first-order valence-electron chi connectivity index (χ1n) is 13.0. The highest BCUT2D eigenvalue weighted by Gasteiger charge is 2.60. The summed E-state index contributed by atoms with van der Waals surface area (Å²) >= 11 is 12.3. The normalized spacial score (nSPS) is 21.6. The van der Waals surface area contributed by atoms with E-state index in [1.165, 1.54) is 36.4 Å². The molecular weight excluding hydrogens is 573 g/mol. The highest BCUT2D eigenvalue weighted by Crippen LogP contribution is 2.55. The number of benzene rings is 3. The number of amides is 3. The molecule has 5 N–H and O–H groups in total. The van der Waals surface area contributed by atoms with E-state index in [1.54, 1.807) is 12.1 Å². The summed E-state index contributed by atoms with van der Waals surface area (Å²) in [5.74, 6) is -3.21. The molecule has 0 aromatic heterocycles. The molecule has 3 aromatic carbocycles. The van der Waals surface area contributed by atoms with Crippen LogP contribution < -0.4 is 21.7 Å². The Balaban J connectivity index is 1.63. The molecule has 2 aliphatic heterocycles. The zero-order valence-corrected chi connectivity index (χ0v) is 24.0. The molecule has 7 nitrogen and oxygen atoms in total. The van der Waals surface area contributed by atoms with Crippen LogP contribution in [0.25, 0.3) is 11.1 Å². The van der Waals surface area contributed by atoms with Gasteiger partial charge in [0.1, 0.15) is 11.6 Å². The van der Waals surface area contributed by atoms with Gasteiger partial charge in [0.2, 0.25) is 17.7 Å². The van der Waals surface area contributed by atoms with Crippen LogP contribution in [0.15, 0.2) is 48.5 Å². The largest absolute Gasteiger partial charge is 0.366 e. The van der Waals surface area contributed by atoms with Crippen molar-refractivity contribution in [2.45, 2.75) is 51.1 Å². The number of anilines is 2. The molecule has 0 saturated carbocycles. The van der Waals surface area contributed by atoms with E-state index in [1.807, 2.05) is 20.8 Å². The maximum absolute atomic E-state index is 15.9. The van der Waals surface area contributed by atoms with Crippen molar-refractivity contribution in [3.8, 4) is 11.1 Å². The van der Waals surface area contributed by atoms with Crippen molar-refractivity contribution in [2.75, 3.05) is 10.6 Å². The third kappa shape index (κ3) is 5.07. The molecule has 1 fully saturated rings. The summed E-state index contributed by atoms with van der Waals surface area (Å²) in [5, 5.41) is 8.44. The Morgan fingerprint density at radius 3 is 2.39 bits per heavy atom. The van der Waals surface area contributed by atoms with Gasteiger partial charge in [-0.2, -0.15) is 0 Å². The smallest absolute Gasteiger partial charge is 0.248 e. The van der Waals surface area contributed by atoms with Crippen LogP contribution in [-0.2, 0) is 15.0 Å². The molecule has 1 spiro atoms. The monoisotopic (exact) mass is 600 g/mol. The fourth-order valence-corrected chi connectivity index (χ4v) is 6.26. The number of hydrogen-bond acceptors (Lipinski definition) is 4. The van der Waals surface area contributed by atoms with Crippen LogP contribution in [0, 0.1) is 17.0 Å². The lowest BCUT2D eigenvalue weighted by molar-refractivity contribution is -0.121. The number of carbonyl (C=O) groups excluding carboxylic acids is 3. The number of primary amides is 1. The first-order chi connectivity index (χ1) is 19.2. The lowest BCUT2D eigenvalue weighted by Crippen LogP contribution is -2.48. The van der Waals surface area contributed by atoms with Crippen molar-refractivity contribution in [3.63, 3.8) is 0 Å². The number of halogens is 4. The predicted octanol–water partition coefficient (Wildman–Crippen LogP) is 6.03. The summed E-state index contributed by atoms with van der Waals surface area (Å²) in [6.07, 6.45) is 0.396. The van der Waals surface area contributed by atoms with Crippen molar-refractivity contribution in [3.05, 3.63) is 81.3 Å². The van der Waals surface area contributed by atoms with E-state index in [9.17, 15) is 14.4 Å². The van der Waals surface area contributed by atoms with E-state index < -0.39 is 46.9 Å². The standard InChI is InChI=1S/C30H28Cl2F2N4O3/c1-29(2,3)13-21-30(12-20(37-21)27(40)36-15-9-7-14(8-10-15)26(35)39)23-19(38-28(30)41)11-18(32)25(34)22(23)16-5-4-6-17(31)24(16)33/h4-11,20-21,37H,12-13H2,1-3H3,(H2,35,39)(H,36,40)(H,38,41)/t20-,21+,30+/m0/s1. The first kappa shape index (κ1) is 29.0. The van der Waals surface area contributed by atoms with Crippen LogP contribution in [0.2, 0.25) is 10.0 Å². The van der Waals surface area contributed by atoms with Crippen molar-refractivity contribution >= 4 is 52.3 Å². The van der Waals surface area contributed by atoms with Crippen molar-refractivity contribution < 1.29 is 23.2 Å². The quantitative estimate of drug-likeness (QED) is 0.286. The number of carbonyl (C=O) groups is 3. The Labute approximate surface area is 245 Å². The second-order valence-corrected chi connectivity index (χ2v) is 12.5. The van der Waals surface area contributed by atoms with Gasteiger partial charge in [-0.1, -0.05) is 56.1 Å². The molecule has 2 heterocycles. The highest BCUT2D eigenvalue weighted by atomic mass is 35.5. The fourth-order valence-electron chi connectivity index (χ4n) is 5.88. The van der Waals surface area contributed by atoms with Gasteiger partial charge in [0, 0.05) is 39.7 Å². The first-order valence-corrected chi connectivity index (χ1v) is 13.7. The minimum atomic E-state index is -1.43. The summed E-state index contributed by atoms with van der Waals surface area (Å²) in [6.45, 7) is 5.97. The third-order valence-corrected chi connectivity index (χ3v) is 8.20. The van der Waals surface area contributed by atoms with E-state index in [-0.39, 0.29) is 49.8 Å². The molecule has 11 heteroatoms. The Morgan fingerprint density at radius 2 is 1.76 bits per heavy atom. The van der Waals surface area contributed by atoms with Gasteiger partial charge in [0.25, 0.3) is 0 Å². The molecule has 3 amide bonds. The van der Waals surface area contributed by atoms with Gasteiger partial charge in [-0.25, -0.2) is 8.78 Å². The zero-order valence-electron chi connectivity index (χ0n) is 22.5. The lowest BCUT2D eigenvalue weighted by atomic mass is 9.68. The average molecular weight is 601 g/mol. The van der Waals surface area contributed by atoms with E-state index in [2.05, 4.69) is 16.0 Å². The average Bonchev–Trinajstić information content (AvgIpc) is 3.39. The van der Waals surface area contributed by atoms with Crippen LogP contribution in [0.5, 0.6) is 0 Å². The SMILES string of the molecule is CC(C)(C)C[C@H]1N[C@H](C(=O)Nc2ccc(C(N)=O)cc2)C[C@@]12C(=O)Nc1cc(Cl)c(F)c(-c3cccc(Cl)c3F)c12. The van der Waals surface area contributed by atoms with Gasteiger partial charge in [-0.15, -0.1) is 0 Å². The number of nitrogens with two attached hydrogens (primary N) is 1. The van der Waals surface area contributed by atoms with Crippen LogP contribution in [0.1, 0.15) is 49.5 Å². The van der Waals surface area contributed by atoms with Crippen molar-refractivity contribution in [2.24, 2.45) is 11.1 Å². The van der Waals surface area contributed by atoms with Gasteiger partial charge in [0.05, 0.1) is 21.5 Å². The molecule has 2 aliphatic rings. The minimum Gasteiger partial charge on any atom is -0.366 e. The predicted molar refractivity (Wildman–Crippen MR) is 155 cm³/mol. The van der Waals surface area contributed by atoms with E-state index in [4.69, 9.17) is 28.9 Å². The summed E-state index contributed by atoms with van der Waals surface area (Å²) < 4.78 is 31.3. The maximum Gasteiger partial charge on any atom is 0.248 e. The molecule has 0 unspecified atom stereocenters. The Bertz CT molecular complexity index is 1590. The van der Waals surface area contributed by atoms with Crippen molar-refractivity contribution in [1.82, 2.24) is 5.32 Å². The molecule has 0 radical (unpaired) electrons. The molecular formula is C30H28Cl2F2N4O3. The van der Waals surface area contributed by atoms with Gasteiger partial charge in [-0.05, 0) is 54.7 Å². The molecule has 1 saturated heterocycles. The van der Waals surface area contributed by atoms with E-state index in [0.29, 0.717) is 12.1 Å². The fraction of sp³-hybridized carbons (Fsp3) is 0.300. The Morgan fingerprint density at radius 1 is 1.07 bits per heavy atom. The van der Waals surface area contributed by atoms with Crippen LogP contribution in [0.4, 0.5) is 20.2 Å². The second-order valence-electron chi connectivity index (χ2n) is 11.7. The number of nitrogens with one attached hydrogen (secondary N) is 3. The number of hydrogen-bond donors (Lipinski definition) is 4. The summed E-state index contributed by atoms with van der Waals surface area (Å²) in [4.78, 5) is 38.8. The molecule has 0 bridgehead atoms. The van der Waals surface area contributed by atoms with Crippen LogP contribution in [0.3, 0.4) is 0 Å². The molecule has 41 heavy (non-hydrogen) atoms. The highest BCUT2D eigenvalue weighted by molar-refractivity contribution is 6.32. The van der Waals surface area contributed by atoms with Gasteiger partial charge < -0.3 is 21.7 Å². The molecule has 0 aliphatic carbocycles. The summed E-state index contributed by atoms with van der Waals surface area (Å²) in [7, 11) is 0. The van der Waals surface area contributed by atoms with Gasteiger partial charge in [-0.3, -0.25) is 14.4 Å². The van der Waals surface area contributed by atoms with Crippen LogP contribution in [-0.4, -0.2) is 29.8 Å². The van der Waals surface area contributed by atoms with E-state index >= 15 is 8.78 Å². The Kier molecular flexibility index (Phi) is 7.34. The topological polar surface area (TPSA) is 113 Å². The maximum atomic E-state index is 15.9. The molecule has 3 atom stereocenters. The zero-order chi connectivity index (χ0) is 29.9. The summed E-state index contributed by atoms with van der Waals surface area (Å²) in [5.41, 5.74) is 4.43. The number of fused-ring (bicyclic) bond motifs is 2. The van der Waals surface area contributed by atoms with Crippen LogP contribution >= 0.6 is 23.2 Å². The van der Waals surface area contributed by atoms with Gasteiger partial charge >= 0.3 is 0 Å². The summed E-state index contributed by atoms with van der Waals surface area (Å²) in [6, 6.07) is 10.1. The second kappa shape index (κ2) is 10.4. The van der Waals surface area contributed by atoms with Gasteiger partial charge in [0.15, 0.2) is 0 Å². The van der Waals surface area contributed by atoms with Crippen molar-refractivity contribution in [1.29, 1.82) is 0 Å². The number of rotatable bonds is 5. The molecule has 5 rings (SSSR count). The lowest BCUT2D eigenvalue weighted by Gasteiger charge is -2.34. The third-order valence-electron chi connectivity index (χ3n) is 7.63. The molecule has 214 valence electrons. The molecule has 3 aromatic rings.